The Morgan fingerprint density at radius 3 is 1.44 bits per heavy atom. The molecule has 12 rings (SSSR count). The maximum atomic E-state index is 4.73. The first-order valence-corrected chi connectivity index (χ1v) is 19.5. The average molecular weight is 727 g/mol. The summed E-state index contributed by atoms with van der Waals surface area (Å²) in [6, 6.07) is 72.5. The lowest BCUT2D eigenvalue weighted by Crippen LogP contribution is -1.97. The van der Waals surface area contributed by atoms with E-state index in [2.05, 4.69) is 208 Å². The molecule has 0 aliphatic rings. The van der Waals surface area contributed by atoms with Crippen LogP contribution in [0.5, 0.6) is 0 Å². The number of aromatic nitrogens is 4. The Morgan fingerprint density at radius 2 is 0.772 bits per heavy atom. The van der Waals surface area contributed by atoms with Crippen LogP contribution in [0.15, 0.2) is 206 Å². The molecule has 0 spiro atoms. The summed E-state index contributed by atoms with van der Waals surface area (Å²) in [6.45, 7) is 0. The van der Waals surface area contributed by atoms with Gasteiger partial charge in [0.1, 0.15) is 0 Å². The highest BCUT2D eigenvalue weighted by Crippen LogP contribution is 2.41. The van der Waals surface area contributed by atoms with Crippen LogP contribution in [0.1, 0.15) is 0 Å². The monoisotopic (exact) mass is 726 g/mol. The fraction of sp³-hybridized carbons (Fsp3) is 0. The fourth-order valence-electron chi connectivity index (χ4n) is 9.21. The first kappa shape index (κ1) is 31.6. The molecule has 266 valence electrons. The average Bonchev–Trinajstić information content (AvgIpc) is 3.92. The molecule has 0 aliphatic heterocycles. The molecule has 0 fully saturated rings. The van der Waals surface area contributed by atoms with Crippen LogP contribution in [0, 0.1) is 0 Å². The highest BCUT2D eigenvalue weighted by molar-refractivity contribution is 6.14. The van der Waals surface area contributed by atoms with Gasteiger partial charge in [-0.05, 0) is 102 Å². The van der Waals surface area contributed by atoms with Gasteiger partial charge in [-0.15, -0.1) is 0 Å². The normalized spacial score (nSPS) is 11.9. The zero-order valence-corrected chi connectivity index (χ0v) is 30.9. The van der Waals surface area contributed by atoms with Crippen LogP contribution < -0.4 is 0 Å². The molecule has 57 heavy (non-hydrogen) atoms. The first-order chi connectivity index (χ1) is 28.3. The van der Waals surface area contributed by atoms with E-state index in [9.17, 15) is 0 Å². The second-order valence-corrected chi connectivity index (χ2v) is 14.8. The molecule has 0 radical (unpaired) electrons. The van der Waals surface area contributed by atoms with Gasteiger partial charge in [-0.3, -0.25) is 4.98 Å². The lowest BCUT2D eigenvalue weighted by molar-refractivity contribution is 1.17. The molecule has 8 aromatic carbocycles. The summed E-state index contributed by atoms with van der Waals surface area (Å²) in [5, 5.41) is 7.42. The van der Waals surface area contributed by atoms with Gasteiger partial charge in [0.05, 0.1) is 44.5 Å². The molecule has 4 heterocycles. The molecule has 0 saturated carbocycles. The predicted octanol–water partition coefficient (Wildman–Crippen LogP) is 13.7. The summed E-state index contributed by atoms with van der Waals surface area (Å²) in [5.41, 5.74) is 15.0. The van der Waals surface area contributed by atoms with E-state index in [1.54, 1.807) is 0 Å². The number of fused-ring (bicyclic) bond motifs is 9. The smallest absolute Gasteiger partial charge is 0.0723 e. The van der Waals surface area contributed by atoms with E-state index in [0.717, 1.165) is 28.3 Å². The van der Waals surface area contributed by atoms with E-state index < -0.39 is 0 Å². The van der Waals surface area contributed by atoms with E-state index in [-0.39, 0.29) is 0 Å². The van der Waals surface area contributed by atoms with Crippen LogP contribution in [0.2, 0.25) is 0 Å². The molecular weight excluding hydrogens is 693 g/mol. The van der Waals surface area contributed by atoms with E-state index >= 15 is 0 Å². The fourth-order valence-corrected chi connectivity index (χ4v) is 9.21. The highest BCUT2D eigenvalue weighted by atomic mass is 15.0. The van der Waals surface area contributed by atoms with Gasteiger partial charge in [-0.2, -0.15) is 0 Å². The summed E-state index contributed by atoms with van der Waals surface area (Å²) in [5.74, 6) is 0. The Hall–Kier alpha value is -7.69. The van der Waals surface area contributed by atoms with Crippen molar-refractivity contribution >= 4 is 65.4 Å². The van der Waals surface area contributed by atoms with Crippen LogP contribution in [0.3, 0.4) is 0 Å². The number of rotatable bonds is 5. The Kier molecular flexibility index (Phi) is 6.89. The van der Waals surface area contributed by atoms with Crippen LogP contribution in [0.4, 0.5) is 0 Å². The Bertz CT molecular complexity index is 3460. The number of hydrogen-bond acceptors (Lipinski definition) is 1. The second-order valence-electron chi connectivity index (χ2n) is 14.8. The maximum absolute atomic E-state index is 4.73. The maximum Gasteiger partial charge on any atom is 0.0723 e. The summed E-state index contributed by atoms with van der Waals surface area (Å²) in [4.78, 5) is 4.73. The third-order valence-corrected chi connectivity index (χ3v) is 11.7. The summed E-state index contributed by atoms with van der Waals surface area (Å²) in [6.07, 6.45) is 1.86. The van der Waals surface area contributed by atoms with Crippen molar-refractivity contribution in [2.24, 2.45) is 0 Å². The molecule has 12 aromatic rings. The SMILES string of the molecule is c1ccc(-n2c3ccc(-c4ccc5c(c4)c4ccccc4n5-c4ccccc4-c4ccccn4)cc3c3cc(-n4c5ccccc5c5ccccc54)ccc32)cc1. The van der Waals surface area contributed by atoms with Gasteiger partial charge in [0, 0.05) is 55.5 Å². The molecule has 0 amide bonds. The minimum absolute atomic E-state index is 0.958. The molecule has 0 unspecified atom stereocenters. The Balaban J connectivity index is 1.08. The van der Waals surface area contributed by atoms with E-state index in [1.165, 1.54) is 76.5 Å². The molecule has 4 aromatic heterocycles. The van der Waals surface area contributed by atoms with Crippen LogP contribution in [-0.2, 0) is 0 Å². The van der Waals surface area contributed by atoms with Crippen molar-refractivity contribution in [1.82, 2.24) is 18.7 Å². The summed E-state index contributed by atoms with van der Waals surface area (Å²) in [7, 11) is 0. The van der Waals surface area contributed by atoms with Crippen molar-refractivity contribution in [3.8, 4) is 39.4 Å². The number of benzene rings is 8. The topological polar surface area (TPSA) is 27.7 Å². The molecule has 0 bridgehead atoms. The quantitative estimate of drug-likeness (QED) is 0.174. The third kappa shape index (κ3) is 4.77. The summed E-state index contributed by atoms with van der Waals surface area (Å²) < 4.78 is 7.21. The van der Waals surface area contributed by atoms with Gasteiger partial charge in [-0.25, -0.2) is 0 Å². The minimum atomic E-state index is 0.958. The van der Waals surface area contributed by atoms with Crippen molar-refractivity contribution in [3.63, 3.8) is 0 Å². The molecule has 4 heteroatoms. The minimum Gasteiger partial charge on any atom is -0.309 e. The van der Waals surface area contributed by atoms with Crippen molar-refractivity contribution in [2.75, 3.05) is 0 Å². The van der Waals surface area contributed by atoms with Crippen molar-refractivity contribution in [1.29, 1.82) is 0 Å². The number of hydrogen-bond donors (Lipinski definition) is 0. The first-order valence-electron chi connectivity index (χ1n) is 19.5. The van der Waals surface area contributed by atoms with E-state index in [0.29, 0.717) is 0 Å². The van der Waals surface area contributed by atoms with E-state index in [1.807, 2.05) is 12.3 Å². The number of pyridine rings is 1. The van der Waals surface area contributed by atoms with Crippen molar-refractivity contribution < 1.29 is 0 Å². The molecule has 0 atom stereocenters. The van der Waals surface area contributed by atoms with Gasteiger partial charge >= 0.3 is 0 Å². The van der Waals surface area contributed by atoms with Crippen molar-refractivity contribution in [2.45, 2.75) is 0 Å². The Labute approximate surface area is 328 Å². The molecule has 0 saturated heterocycles. The predicted molar refractivity (Wildman–Crippen MR) is 238 cm³/mol. The lowest BCUT2D eigenvalue weighted by atomic mass is 10.0. The van der Waals surface area contributed by atoms with Gasteiger partial charge in [0.15, 0.2) is 0 Å². The third-order valence-electron chi connectivity index (χ3n) is 11.7. The Morgan fingerprint density at radius 1 is 0.298 bits per heavy atom. The number of para-hydroxylation sites is 5. The van der Waals surface area contributed by atoms with Crippen LogP contribution >= 0.6 is 0 Å². The van der Waals surface area contributed by atoms with Gasteiger partial charge in [0.25, 0.3) is 0 Å². The molecular formula is C53H34N4. The molecule has 4 nitrogen and oxygen atoms in total. The van der Waals surface area contributed by atoms with Gasteiger partial charge in [0.2, 0.25) is 0 Å². The molecule has 0 N–H and O–H groups in total. The number of nitrogens with zero attached hydrogens (tertiary/aromatic N) is 4. The van der Waals surface area contributed by atoms with Crippen molar-refractivity contribution in [3.05, 3.63) is 206 Å². The lowest BCUT2D eigenvalue weighted by Gasteiger charge is -2.13. The zero-order valence-electron chi connectivity index (χ0n) is 30.9. The van der Waals surface area contributed by atoms with Crippen LogP contribution in [-0.4, -0.2) is 18.7 Å². The van der Waals surface area contributed by atoms with Crippen LogP contribution in [0.25, 0.3) is 105 Å². The summed E-state index contributed by atoms with van der Waals surface area (Å²) >= 11 is 0. The highest BCUT2D eigenvalue weighted by Gasteiger charge is 2.19. The standard InChI is InChI=1S/C53H34N4/c1-2-14-37(15-3-1)55-51-28-25-36(33-44(51)45-34-38(27-30-52(45)55)56-47-21-8-4-16-39(47)40-17-5-9-22-48(40)56)35-26-29-53-43(32-35)41-18-6-10-23-49(41)57(53)50-24-11-7-19-42(50)46-20-12-13-31-54-46/h1-34H. The second kappa shape index (κ2) is 12.4. The van der Waals surface area contributed by atoms with Gasteiger partial charge < -0.3 is 13.7 Å². The molecule has 0 aliphatic carbocycles. The zero-order chi connectivity index (χ0) is 37.5. The largest absolute Gasteiger partial charge is 0.309 e. The van der Waals surface area contributed by atoms with E-state index in [4.69, 9.17) is 4.98 Å². The van der Waals surface area contributed by atoms with Gasteiger partial charge in [-0.1, -0.05) is 109 Å².